The first-order valence-electron chi connectivity index (χ1n) is 5.36. The van der Waals surface area contributed by atoms with Gasteiger partial charge in [-0.05, 0) is 26.0 Å². The van der Waals surface area contributed by atoms with Crippen LogP contribution in [-0.2, 0) is 10.3 Å². The van der Waals surface area contributed by atoms with E-state index in [1.54, 1.807) is 13.8 Å². The lowest BCUT2D eigenvalue weighted by molar-refractivity contribution is 0.00834. The van der Waals surface area contributed by atoms with Gasteiger partial charge in [-0.2, -0.15) is 0 Å². The molecular formula is C12H9FN2O3. The molecule has 0 saturated heterocycles. The predicted octanol–water partition coefficient (Wildman–Crippen LogP) is 1.24. The van der Waals surface area contributed by atoms with Crippen LogP contribution < -0.4 is 5.56 Å². The molecule has 2 aromatic rings. The average Bonchev–Trinajstić information content (AvgIpc) is 2.51. The molecule has 0 aliphatic carbocycles. The van der Waals surface area contributed by atoms with Crippen LogP contribution in [0, 0.1) is 5.82 Å². The van der Waals surface area contributed by atoms with Crippen molar-refractivity contribution < 1.29 is 13.9 Å². The average molecular weight is 248 g/mol. The Morgan fingerprint density at radius 2 is 2.06 bits per heavy atom. The first kappa shape index (κ1) is 10.9. The Labute approximate surface area is 101 Å². The predicted molar refractivity (Wildman–Crippen MR) is 59.9 cm³/mol. The van der Waals surface area contributed by atoms with Gasteiger partial charge in [-0.25, -0.2) is 14.2 Å². The van der Waals surface area contributed by atoms with Crippen LogP contribution in [0.5, 0.6) is 0 Å². The number of carbonyl (C=O) groups excluding carboxylic acids is 1. The van der Waals surface area contributed by atoms with Crippen LogP contribution >= 0.6 is 0 Å². The second-order valence-corrected chi connectivity index (χ2v) is 4.62. The lowest BCUT2D eigenvalue weighted by Crippen LogP contribution is -2.24. The van der Waals surface area contributed by atoms with Gasteiger partial charge in [-0.15, -0.1) is 0 Å². The number of nitrogens with zero attached hydrogens (tertiary/aromatic N) is 2. The van der Waals surface area contributed by atoms with Crippen molar-refractivity contribution in [2.24, 2.45) is 0 Å². The quantitative estimate of drug-likeness (QED) is 0.658. The number of carbonyl (C=O) groups is 1. The molecule has 0 spiro atoms. The van der Waals surface area contributed by atoms with Crippen molar-refractivity contribution in [2.45, 2.75) is 19.4 Å². The number of hydrogen-bond acceptors (Lipinski definition) is 4. The Morgan fingerprint density at radius 3 is 2.78 bits per heavy atom. The summed E-state index contributed by atoms with van der Waals surface area (Å²) in [5, 5.41) is 0. The third-order valence-corrected chi connectivity index (χ3v) is 2.91. The van der Waals surface area contributed by atoms with Crippen molar-refractivity contribution in [1.82, 2.24) is 9.38 Å². The fourth-order valence-electron chi connectivity index (χ4n) is 2.06. The van der Waals surface area contributed by atoms with E-state index in [1.807, 2.05) is 0 Å². The number of ether oxygens (including phenoxy) is 1. The number of esters is 1. The van der Waals surface area contributed by atoms with E-state index in [0.717, 1.165) is 10.6 Å². The second kappa shape index (κ2) is 3.16. The number of cyclic esters (lactones) is 1. The summed E-state index contributed by atoms with van der Waals surface area (Å²) in [6, 6.07) is 2.59. The van der Waals surface area contributed by atoms with Gasteiger partial charge in [0, 0.05) is 6.20 Å². The minimum atomic E-state index is -0.936. The zero-order valence-corrected chi connectivity index (χ0v) is 9.73. The molecule has 0 amide bonds. The Hall–Kier alpha value is -2.24. The van der Waals surface area contributed by atoms with Crippen LogP contribution in [-0.4, -0.2) is 15.4 Å². The Bertz CT molecular complexity index is 749. The molecule has 0 N–H and O–H groups in total. The summed E-state index contributed by atoms with van der Waals surface area (Å²) in [7, 11) is 0. The largest absolute Gasteiger partial charge is 0.449 e. The molecule has 1 aliphatic heterocycles. The summed E-state index contributed by atoms with van der Waals surface area (Å²) in [4.78, 5) is 28.0. The Balaban J connectivity index is 2.49. The molecule has 1 aliphatic rings. The number of pyridine rings is 1. The summed E-state index contributed by atoms with van der Waals surface area (Å²) >= 11 is 0. The minimum Gasteiger partial charge on any atom is -0.449 e. The minimum absolute atomic E-state index is 0.122. The fourth-order valence-corrected chi connectivity index (χ4v) is 2.06. The number of aromatic nitrogens is 2. The first-order chi connectivity index (χ1) is 8.40. The molecule has 0 saturated carbocycles. The van der Waals surface area contributed by atoms with Crippen LogP contribution in [0.15, 0.2) is 23.1 Å². The van der Waals surface area contributed by atoms with E-state index in [-0.39, 0.29) is 11.2 Å². The molecule has 0 radical (unpaired) electrons. The number of rotatable bonds is 0. The maximum absolute atomic E-state index is 13.1. The summed E-state index contributed by atoms with van der Waals surface area (Å²) < 4.78 is 19.2. The van der Waals surface area contributed by atoms with Gasteiger partial charge in [0.25, 0.3) is 5.56 Å². The zero-order valence-electron chi connectivity index (χ0n) is 9.73. The Kier molecular flexibility index (Phi) is 1.91. The van der Waals surface area contributed by atoms with Gasteiger partial charge >= 0.3 is 5.97 Å². The van der Waals surface area contributed by atoms with Gasteiger partial charge in [0.15, 0.2) is 5.56 Å². The van der Waals surface area contributed by atoms with Crippen LogP contribution in [0.4, 0.5) is 4.39 Å². The SMILES string of the molecule is CC1(C)OC(=O)c2c1nc1ccc(F)cn1c2=O. The van der Waals surface area contributed by atoms with Crippen LogP contribution in [0.3, 0.4) is 0 Å². The molecule has 0 fully saturated rings. The van der Waals surface area contributed by atoms with Crippen LogP contribution in [0.2, 0.25) is 0 Å². The van der Waals surface area contributed by atoms with Crippen molar-refractivity contribution in [1.29, 1.82) is 0 Å². The molecular weight excluding hydrogens is 239 g/mol. The topological polar surface area (TPSA) is 60.7 Å². The zero-order chi connectivity index (χ0) is 13.1. The lowest BCUT2D eigenvalue weighted by Gasteiger charge is -2.16. The first-order valence-corrected chi connectivity index (χ1v) is 5.36. The highest BCUT2D eigenvalue weighted by atomic mass is 19.1. The molecule has 3 heterocycles. The van der Waals surface area contributed by atoms with Crippen molar-refractivity contribution in [3.63, 3.8) is 0 Å². The number of halogens is 1. The van der Waals surface area contributed by atoms with Crippen LogP contribution in [0.25, 0.3) is 5.65 Å². The van der Waals surface area contributed by atoms with Gasteiger partial charge < -0.3 is 4.74 Å². The third kappa shape index (κ3) is 1.28. The molecule has 2 aromatic heterocycles. The smallest absolute Gasteiger partial charge is 0.346 e. The van der Waals surface area contributed by atoms with E-state index in [9.17, 15) is 14.0 Å². The molecule has 0 unspecified atom stereocenters. The van der Waals surface area contributed by atoms with Crippen molar-refractivity contribution in [2.75, 3.05) is 0 Å². The van der Waals surface area contributed by atoms with Gasteiger partial charge in [0.1, 0.15) is 22.8 Å². The highest BCUT2D eigenvalue weighted by molar-refractivity contribution is 5.93. The van der Waals surface area contributed by atoms with E-state index in [2.05, 4.69) is 4.98 Å². The molecule has 0 bridgehead atoms. The summed E-state index contributed by atoms with van der Waals surface area (Å²) in [6.45, 7) is 3.31. The maximum atomic E-state index is 13.1. The monoisotopic (exact) mass is 248 g/mol. The van der Waals surface area contributed by atoms with Crippen molar-refractivity contribution in [3.05, 3.63) is 45.8 Å². The number of hydrogen-bond donors (Lipinski definition) is 0. The van der Waals surface area contributed by atoms with E-state index in [0.29, 0.717) is 5.69 Å². The number of fused-ring (bicyclic) bond motifs is 2. The van der Waals surface area contributed by atoms with Gasteiger partial charge in [-0.1, -0.05) is 0 Å². The normalized spacial score (nSPS) is 16.7. The molecule has 18 heavy (non-hydrogen) atoms. The molecule has 6 heteroatoms. The molecule has 3 rings (SSSR count). The maximum Gasteiger partial charge on any atom is 0.346 e. The molecule has 92 valence electrons. The van der Waals surface area contributed by atoms with Gasteiger partial charge in [0.05, 0.1) is 0 Å². The Morgan fingerprint density at radius 1 is 1.33 bits per heavy atom. The highest BCUT2D eigenvalue weighted by Crippen LogP contribution is 2.32. The van der Waals surface area contributed by atoms with Gasteiger partial charge in [0.2, 0.25) is 0 Å². The highest BCUT2D eigenvalue weighted by Gasteiger charge is 2.42. The molecule has 0 aromatic carbocycles. The van der Waals surface area contributed by atoms with Crippen LogP contribution in [0.1, 0.15) is 29.9 Å². The third-order valence-electron chi connectivity index (χ3n) is 2.91. The fraction of sp³-hybridized carbons (Fsp3) is 0.250. The summed E-state index contributed by atoms with van der Waals surface area (Å²) in [5.41, 5.74) is -1.09. The lowest BCUT2D eigenvalue weighted by atomic mass is 10.0. The second-order valence-electron chi connectivity index (χ2n) is 4.62. The van der Waals surface area contributed by atoms with Gasteiger partial charge in [-0.3, -0.25) is 9.20 Å². The summed E-state index contributed by atoms with van der Waals surface area (Å²) in [6.07, 6.45) is 1.00. The molecule has 5 nitrogen and oxygen atoms in total. The standard InChI is InChI=1S/C12H9FN2O3/c1-12(2)9-8(11(17)18-12)10(16)15-5-6(13)3-4-7(15)14-9/h3-5H,1-2H3. The summed E-state index contributed by atoms with van der Waals surface area (Å²) in [5.74, 6) is -1.29. The van der Waals surface area contributed by atoms with E-state index < -0.39 is 22.9 Å². The van der Waals surface area contributed by atoms with E-state index in [1.165, 1.54) is 12.1 Å². The van der Waals surface area contributed by atoms with E-state index in [4.69, 9.17) is 4.74 Å². The van der Waals surface area contributed by atoms with E-state index >= 15 is 0 Å². The van der Waals surface area contributed by atoms with Crippen molar-refractivity contribution in [3.8, 4) is 0 Å². The molecule has 0 atom stereocenters. The van der Waals surface area contributed by atoms with Crippen molar-refractivity contribution >= 4 is 11.6 Å².